The maximum absolute atomic E-state index is 13.3. The summed E-state index contributed by atoms with van der Waals surface area (Å²) >= 11 is 7.53. The lowest BCUT2D eigenvalue weighted by atomic mass is 9.78. The smallest absolute Gasteiger partial charge is 0.339 e. The summed E-state index contributed by atoms with van der Waals surface area (Å²) in [4.78, 5) is 28.6. The van der Waals surface area contributed by atoms with Crippen LogP contribution >= 0.6 is 22.9 Å². The van der Waals surface area contributed by atoms with Crippen LogP contribution in [0.15, 0.2) is 41.1 Å². The van der Waals surface area contributed by atoms with E-state index in [4.69, 9.17) is 11.6 Å². The van der Waals surface area contributed by atoms with Crippen molar-refractivity contribution in [2.24, 2.45) is 5.41 Å². The van der Waals surface area contributed by atoms with Crippen molar-refractivity contribution in [3.63, 3.8) is 0 Å². The Morgan fingerprint density at radius 1 is 1.09 bits per heavy atom. The maximum Gasteiger partial charge on any atom is 0.418 e. The van der Waals surface area contributed by atoms with Gasteiger partial charge in [-0.25, -0.2) is 4.79 Å². The largest absolute Gasteiger partial charge is 0.418 e. The number of para-hydroxylation sites is 1. The SMILES string of the molecule is O=C(/C=C/c1ccsc1)N1CCC2(CC1)CCN(C(=O)Nc1c(Cl)cccc1C(F)(F)F)C2. The second kappa shape index (κ2) is 9.38. The molecule has 3 amide bonds. The maximum atomic E-state index is 13.3. The number of piperidine rings is 1. The Morgan fingerprint density at radius 2 is 1.79 bits per heavy atom. The van der Waals surface area contributed by atoms with Crippen LogP contribution in [0.2, 0.25) is 5.02 Å². The number of benzene rings is 1. The fraction of sp³-hybridized carbons (Fsp3) is 0.391. The molecule has 0 radical (unpaired) electrons. The second-order valence-corrected chi connectivity index (χ2v) is 9.66. The number of hydrogen-bond acceptors (Lipinski definition) is 3. The molecule has 176 valence electrons. The van der Waals surface area contributed by atoms with E-state index < -0.39 is 23.5 Å². The Labute approximate surface area is 198 Å². The number of alkyl halides is 3. The quantitative estimate of drug-likeness (QED) is 0.530. The van der Waals surface area contributed by atoms with Gasteiger partial charge in [-0.2, -0.15) is 24.5 Å². The first kappa shape index (κ1) is 23.6. The van der Waals surface area contributed by atoms with Crippen LogP contribution in [0.4, 0.5) is 23.7 Å². The average Bonchev–Trinajstić information content (AvgIpc) is 3.44. The van der Waals surface area contributed by atoms with Gasteiger partial charge in [0.15, 0.2) is 0 Å². The zero-order valence-corrected chi connectivity index (χ0v) is 19.3. The first-order chi connectivity index (χ1) is 15.7. The summed E-state index contributed by atoms with van der Waals surface area (Å²) < 4.78 is 40.0. The minimum absolute atomic E-state index is 0.0398. The van der Waals surface area contributed by atoms with Gasteiger partial charge >= 0.3 is 12.2 Å². The number of hydrogen-bond donors (Lipinski definition) is 1. The summed E-state index contributed by atoms with van der Waals surface area (Å²) in [7, 11) is 0. The molecule has 2 aromatic rings. The molecule has 1 spiro atoms. The first-order valence-corrected chi connectivity index (χ1v) is 11.9. The van der Waals surface area contributed by atoms with Gasteiger partial charge in [-0.05, 0) is 65.3 Å². The number of rotatable bonds is 3. The molecule has 2 saturated heterocycles. The molecule has 1 aromatic carbocycles. The molecule has 2 aliphatic rings. The van der Waals surface area contributed by atoms with Crippen LogP contribution in [0.3, 0.4) is 0 Å². The standard InChI is InChI=1S/C23H23ClF3N3O2S/c24-18-3-1-2-17(23(25,26)27)20(18)28-21(32)30-12-9-22(15-30)7-10-29(11-8-22)19(31)5-4-16-6-13-33-14-16/h1-6,13-14H,7-12,15H2,(H,28,32)/b5-4+. The molecular weight excluding hydrogens is 475 g/mol. The number of thiophene rings is 1. The minimum Gasteiger partial charge on any atom is -0.339 e. The third kappa shape index (κ3) is 5.35. The molecule has 0 saturated carbocycles. The number of carbonyl (C=O) groups excluding carboxylic acids is 2. The lowest BCUT2D eigenvalue weighted by Gasteiger charge is -2.38. The highest BCUT2D eigenvalue weighted by molar-refractivity contribution is 7.08. The highest BCUT2D eigenvalue weighted by Gasteiger charge is 2.43. The van der Waals surface area contributed by atoms with Gasteiger partial charge in [0.25, 0.3) is 0 Å². The molecule has 1 N–H and O–H groups in total. The van der Waals surface area contributed by atoms with Crippen molar-refractivity contribution in [2.75, 3.05) is 31.5 Å². The zero-order chi connectivity index (χ0) is 23.6. The van der Waals surface area contributed by atoms with E-state index in [1.165, 1.54) is 17.0 Å². The van der Waals surface area contributed by atoms with E-state index >= 15 is 0 Å². The molecule has 5 nitrogen and oxygen atoms in total. The molecule has 3 heterocycles. The average molecular weight is 498 g/mol. The number of nitrogens with zero attached hydrogens (tertiary/aromatic N) is 2. The second-order valence-electron chi connectivity index (χ2n) is 8.48. The predicted octanol–water partition coefficient (Wildman–Crippen LogP) is 5.98. The molecule has 0 atom stereocenters. The van der Waals surface area contributed by atoms with Crippen LogP contribution in [0.5, 0.6) is 0 Å². The molecule has 1 aromatic heterocycles. The van der Waals surface area contributed by atoms with Crippen molar-refractivity contribution < 1.29 is 22.8 Å². The third-order valence-corrected chi connectivity index (χ3v) is 7.39. The Hall–Kier alpha value is -2.52. The summed E-state index contributed by atoms with van der Waals surface area (Å²) in [6.45, 7) is 2.07. The summed E-state index contributed by atoms with van der Waals surface area (Å²) in [6, 6.07) is 4.76. The number of carbonyl (C=O) groups is 2. The minimum atomic E-state index is -4.63. The fourth-order valence-corrected chi connectivity index (χ4v) is 5.28. The van der Waals surface area contributed by atoms with E-state index in [1.54, 1.807) is 28.4 Å². The molecular formula is C23H23ClF3N3O2S. The zero-order valence-electron chi connectivity index (χ0n) is 17.7. The van der Waals surface area contributed by atoms with Crippen molar-refractivity contribution in [2.45, 2.75) is 25.4 Å². The van der Waals surface area contributed by atoms with Crippen LogP contribution in [0, 0.1) is 5.41 Å². The number of halogens is 4. The van der Waals surface area contributed by atoms with Gasteiger partial charge in [-0.1, -0.05) is 17.7 Å². The molecule has 4 rings (SSSR count). The van der Waals surface area contributed by atoms with Gasteiger partial charge in [0.1, 0.15) is 0 Å². The summed E-state index contributed by atoms with van der Waals surface area (Å²) in [5, 5.41) is 6.13. The van der Waals surface area contributed by atoms with Crippen molar-refractivity contribution in [3.8, 4) is 0 Å². The number of urea groups is 1. The van der Waals surface area contributed by atoms with E-state index in [9.17, 15) is 22.8 Å². The summed E-state index contributed by atoms with van der Waals surface area (Å²) in [6.07, 6.45) is 0.993. The van der Waals surface area contributed by atoms with Gasteiger partial charge in [0, 0.05) is 32.3 Å². The molecule has 0 bridgehead atoms. The van der Waals surface area contributed by atoms with Gasteiger partial charge < -0.3 is 15.1 Å². The fourth-order valence-electron chi connectivity index (χ4n) is 4.43. The Kier molecular flexibility index (Phi) is 6.72. The monoisotopic (exact) mass is 497 g/mol. The van der Waals surface area contributed by atoms with Crippen molar-refractivity contribution in [1.29, 1.82) is 0 Å². The Morgan fingerprint density at radius 3 is 2.42 bits per heavy atom. The molecule has 0 aliphatic carbocycles. The van der Waals surface area contributed by atoms with E-state index in [-0.39, 0.29) is 16.3 Å². The van der Waals surface area contributed by atoms with E-state index in [0.717, 1.165) is 30.9 Å². The van der Waals surface area contributed by atoms with Crippen molar-refractivity contribution in [1.82, 2.24) is 9.80 Å². The lowest BCUT2D eigenvalue weighted by Crippen LogP contribution is -2.44. The molecule has 2 fully saturated rings. The Bertz CT molecular complexity index is 1050. The number of amides is 3. The number of anilines is 1. The van der Waals surface area contributed by atoms with Crippen molar-refractivity contribution in [3.05, 3.63) is 57.3 Å². The van der Waals surface area contributed by atoms with Crippen LogP contribution < -0.4 is 5.32 Å². The van der Waals surface area contributed by atoms with E-state index in [2.05, 4.69) is 5.32 Å². The van der Waals surface area contributed by atoms with Crippen LogP contribution in [-0.4, -0.2) is 47.9 Å². The highest BCUT2D eigenvalue weighted by atomic mass is 35.5. The number of likely N-dealkylation sites (tertiary alicyclic amines) is 2. The molecule has 33 heavy (non-hydrogen) atoms. The van der Waals surface area contributed by atoms with Gasteiger partial charge in [-0.15, -0.1) is 0 Å². The van der Waals surface area contributed by atoms with Crippen molar-refractivity contribution >= 4 is 46.6 Å². The van der Waals surface area contributed by atoms with Crippen LogP contribution in [0.1, 0.15) is 30.4 Å². The predicted molar refractivity (Wildman–Crippen MR) is 123 cm³/mol. The number of nitrogens with one attached hydrogen (secondary N) is 1. The van der Waals surface area contributed by atoms with E-state index in [0.29, 0.717) is 26.2 Å². The first-order valence-electron chi connectivity index (χ1n) is 10.6. The summed E-state index contributed by atoms with van der Waals surface area (Å²) in [5.74, 6) is -0.0398. The van der Waals surface area contributed by atoms with E-state index in [1.807, 2.05) is 16.8 Å². The third-order valence-electron chi connectivity index (χ3n) is 6.37. The van der Waals surface area contributed by atoms with Gasteiger partial charge in [0.2, 0.25) is 5.91 Å². The normalized spacial score (nSPS) is 18.3. The topological polar surface area (TPSA) is 52.7 Å². The lowest BCUT2D eigenvalue weighted by molar-refractivity contribution is -0.137. The molecule has 10 heteroatoms. The Balaban J connectivity index is 1.35. The van der Waals surface area contributed by atoms with Crippen LogP contribution in [0.25, 0.3) is 6.08 Å². The van der Waals surface area contributed by atoms with Gasteiger partial charge in [-0.3, -0.25) is 4.79 Å². The van der Waals surface area contributed by atoms with Crippen LogP contribution in [-0.2, 0) is 11.0 Å². The van der Waals surface area contributed by atoms with Gasteiger partial charge in [0.05, 0.1) is 16.3 Å². The highest BCUT2D eigenvalue weighted by Crippen LogP contribution is 2.42. The molecule has 0 unspecified atom stereocenters. The summed E-state index contributed by atoms with van der Waals surface area (Å²) in [5.41, 5.74) is -0.528. The molecule has 2 aliphatic heterocycles.